The highest BCUT2D eigenvalue weighted by Gasteiger charge is 2.23. The number of aryl methyl sites for hydroxylation is 1. The SMILES string of the molecule is COc1cc(C(=O)N(C)CCO)cnc1-c1cc2ncc(C)c(-c3ccc(OC4CCOCC4)c(C#N)n3)c2o1.Cl. The third-order valence-corrected chi connectivity index (χ3v) is 6.75. The van der Waals surface area contributed by atoms with Crippen LogP contribution < -0.4 is 9.47 Å². The van der Waals surface area contributed by atoms with E-state index in [2.05, 4.69) is 21.0 Å². The molecule has 12 heteroatoms. The fraction of sp³-hybridized carbons (Fsp3) is 0.345. The van der Waals surface area contributed by atoms with Gasteiger partial charge in [0, 0.05) is 50.5 Å². The number of halogens is 1. The van der Waals surface area contributed by atoms with Crippen molar-refractivity contribution >= 4 is 29.4 Å². The van der Waals surface area contributed by atoms with E-state index in [0.29, 0.717) is 64.1 Å². The van der Waals surface area contributed by atoms with Crippen molar-refractivity contribution in [2.75, 3.05) is 40.5 Å². The van der Waals surface area contributed by atoms with Gasteiger partial charge in [-0.05, 0) is 30.7 Å². The molecule has 0 aliphatic carbocycles. The van der Waals surface area contributed by atoms with Crippen molar-refractivity contribution in [2.24, 2.45) is 0 Å². The zero-order chi connectivity index (χ0) is 28.2. The highest BCUT2D eigenvalue weighted by atomic mass is 35.5. The molecular weight excluding hydrogens is 550 g/mol. The van der Waals surface area contributed by atoms with E-state index < -0.39 is 0 Å². The van der Waals surface area contributed by atoms with Crippen molar-refractivity contribution in [2.45, 2.75) is 25.9 Å². The summed E-state index contributed by atoms with van der Waals surface area (Å²) in [5, 5.41) is 19.0. The van der Waals surface area contributed by atoms with Crippen molar-refractivity contribution in [1.29, 1.82) is 5.26 Å². The molecule has 0 radical (unpaired) electrons. The maximum Gasteiger partial charge on any atom is 0.255 e. The minimum Gasteiger partial charge on any atom is -0.494 e. The lowest BCUT2D eigenvalue weighted by atomic mass is 10.1. The number of hydrogen-bond donors (Lipinski definition) is 1. The maximum atomic E-state index is 12.7. The van der Waals surface area contributed by atoms with Crippen LogP contribution >= 0.6 is 12.4 Å². The average molecular weight is 580 g/mol. The summed E-state index contributed by atoms with van der Waals surface area (Å²) in [6, 6.07) is 9.06. The van der Waals surface area contributed by atoms with E-state index in [1.165, 1.54) is 18.2 Å². The molecule has 1 fully saturated rings. The number of furan rings is 1. The lowest BCUT2D eigenvalue weighted by Gasteiger charge is -2.23. The third kappa shape index (κ3) is 6.10. The van der Waals surface area contributed by atoms with Gasteiger partial charge < -0.3 is 28.6 Å². The summed E-state index contributed by atoms with van der Waals surface area (Å²) in [6.07, 6.45) is 4.67. The molecule has 0 saturated carbocycles. The number of amides is 1. The van der Waals surface area contributed by atoms with Crippen molar-refractivity contribution in [3.8, 4) is 40.3 Å². The maximum absolute atomic E-state index is 12.7. The molecule has 0 atom stereocenters. The zero-order valence-electron chi connectivity index (χ0n) is 22.9. The van der Waals surface area contributed by atoms with Crippen LogP contribution in [0.2, 0.25) is 0 Å². The number of aliphatic hydroxyl groups is 1. The second-order valence-electron chi connectivity index (χ2n) is 9.45. The van der Waals surface area contributed by atoms with Gasteiger partial charge in [-0.15, -0.1) is 12.4 Å². The van der Waals surface area contributed by atoms with Gasteiger partial charge in [0.1, 0.15) is 29.1 Å². The summed E-state index contributed by atoms with van der Waals surface area (Å²) < 4.78 is 23.3. The molecule has 4 aromatic rings. The fourth-order valence-electron chi connectivity index (χ4n) is 4.61. The lowest BCUT2D eigenvalue weighted by Crippen LogP contribution is -2.29. The van der Waals surface area contributed by atoms with Gasteiger partial charge in [0.05, 0.1) is 38.2 Å². The highest BCUT2D eigenvalue weighted by Crippen LogP contribution is 2.38. The molecule has 0 unspecified atom stereocenters. The number of fused-ring (bicyclic) bond motifs is 1. The molecule has 1 aliphatic rings. The Labute approximate surface area is 243 Å². The van der Waals surface area contributed by atoms with Crippen LogP contribution in [0.1, 0.15) is 34.5 Å². The van der Waals surface area contributed by atoms with E-state index in [1.807, 2.05) is 13.0 Å². The Hall–Kier alpha value is -4.24. The topological polar surface area (TPSA) is 144 Å². The Morgan fingerprint density at radius 3 is 2.68 bits per heavy atom. The van der Waals surface area contributed by atoms with Crippen LogP contribution in [0.4, 0.5) is 0 Å². The molecular formula is C29H30ClN5O6. The molecule has 1 amide bonds. The van der Waals surface area contributed by atoms with Crippen LogP contribution in [0, 0.1) is 18.3 Å². The first-order valence-corrected chi connectivity index (χ1v) is 12.9. The Kier molecular flexibility index (Phi) is 9.39. The summed E-state index contributed by atoms with van der Waals surface area (Å²) in [4.78, 5) is 27.6. The van der Waals surface area contributed by atoms with Crippen LogP contribution in [0.15, 0.2) is 41.1 Å². The summed E-state index contributed by atoms with van der Waals surface area (Å²) in [5.41, 5.74) is 4.03. The number of methoxy groups -OCH3 is 1. The Balaban J connectivity index is 0.00000387. The van der Waals surface area contributed by atoms with Crippen LogP contribution in [0.25, 0.3) is 33.8 Å². The number of rotatable bonds is 8. The number of carbonyl (C=O) groups is 1. The van der Waals surface area contributed by atoms with Crippen molar-refractivity contribution in [3.63, 3.8) is 0 Å². The second-order valence-corrected chi connectivity index (χ2v) is 9.45. The lowest BCUT2D eigenvalue weighted by molar-refractivity contribution is 0.0253. The summed E-state index contributed by atoms with van der Waals surface area (Å²) in [6.45, 7) is 3.21. The predicted molar refractivity (Wildman–Crippen MR) is 152 cm³/mol. The Morgan fingerprint density at radius 2 is 1.98 bits per heavy atom. The van der Waals surface area contributed by atoms with Crippen molar-refractivity contribution < 1.29 is 28.5 Å². The van der Waals surface area contributed by atoms with Crippen LogP contribution in [0.5, 0.6) is 11.5 Å². The van der Waals surface area contributed by atoms with E-state index >= 15 is 0 Å². The smallest absolute Gasteiger partial charge is 0.255 e. The fourth-order valence-corrected chi connectivity index (χ4v) is 4.61. The Bertz CT molecular complexity index is 1590. The van der Waals surface area contributed by atoms with Gasteiger partial charge in [0.2, 0.25) is 0 Å². The number of nitriles is 1. The molecule has 5 rings (SSSR count). The molecule has 1 aliphatic heterocycles. The monoisotopic (exact) mass is 579 g/mol. The number of ether oxygens (including phenoxy) is 3. The second kappa shape index (κ2) is 13.0. The van der Waals surface area contributed by atoms with E-state index in [0.717, 1.165) is 18.4 Å². The molecule has 41 heavy (non-hydrogen) atoms. The van der Waals surface area contributed by atoms with Crippen molar-refractivity contribution in [3.05, 3.63) is 53.5 Å². The molecule has 5 heterocycles. The van der Waals surface area contributed by atoms with E-state index in [-0.39, 0.29) is 43.3 Å². The molecule has 0 bridgehead atoms. The van der Waals surface area contributed by atoms with Crippen LogP contribution in [0.3, 0.4) is 0 Å². The molecule has 4 aromatic heterocycles. The first-order chi connectivity index (χ1) is 19.4. The summed E-state index contributed by atoms with van der Waals surface area (Å²) >= 11 is 0. The molecule has 0 spiro atoms. The number of nitrogens with zero attached hydrogens (tertiary/aromatic N) is 5. The average Bonchev–Trinajstić information content (AvgIpc) is 3.41. The number of hydrogen-bond acceptors (Lipinski definition) is 10. The number of aliphatic hydroxyl groups excluding tert-OH is 1. The number of pyridine rings is 3. The zero-order valence-corrected chi connectivity index (χ0v) is 23.7. The minimum atomic E-state index is -0.292. The quantitative estimate of drug-likeness (QED) is 0.322. The largest absolute Gasteiger partial charge is 0.494 e. The van der Waals surface area contributed by atoms with Gasteiger partial charge in [0.25, 0.3) is 5.91 Å². The van der Waals surface area contributed by atoms with E-state index in [9.17, 15) is 10.1 Å². The van der Waals surface area contributed by atoms with Crippen molar-refractivity contribution in [1.82, 2.24) is 19.9 Å². The third-order valence-electron chi connectivity index (χ3n) is 6.75. The summed E-state index contributed by atoms with van der Waals surface area (Å²) in [5.74, 6) is 0.891. The molecule has 11 nitrogen and oxygen atoms in total. The van der Waals surface area contributed by atoms with Gasteiger partial charge in [-0.25, -0.2) is 9.97 Å². The number of carbonyl (C=O) groups excluding carboxylic acids is 1. The molecule has 214 valence electrons. The number of aromatic nitrogens is 3. The van der Waals surface area contributed by atoms with Crippen LogP contribution in [-0.4, -0.2) is 77.5 Å². The minimum absolute atomic E-state index is 0. The summed E-state index contributed by atoms with van der Waals surface area (Å²) in [7, 11) is 3.09. The van der Waals surface area contributed by atoms with Gasteiger partial charge in [0.15, 0.2) is 22.8 Å². The van der Waals surface area contributed by atoms with E-state index in [4.69, 9.17) is 23.7 Å². The van der Waals surface area contributed by atoms with E-state index in [1.54, 1.807) is 31.4 Å². The first-order valence-electron chi connectivity index (χ1n) is 12.9. The number of likely N-dealkylation sites (N-methyl/N-ethyl adjacent to an activating group) is 1. The van der Waals surface area contributed by atoms with Gasteiger partial charge in [-0.1, -0.05) is 0 Å². The van der Waals surface area contributed by atoms with Gasteiger partial charge >= 0.3 is 0 Å². The first kappa shape index (κ1) is 29.7. The highest BCUT2D eigenvalue weighted by molar-refractivity contribution is 5.96. The molecule has 1 N–H and O–H groups in total. The van der Waals surface area contributed by atoms with Gasteiger partial charge in [-0.3, -0.25) is 9.78 Å². The van der Waals surface area contributed by atoms with Crippen LogP contribution in [-0.2, 0) is 4.74 Å². The molecule has 1 saturated heterocycles. The normalized spacial score (nSPS) is 13.3. The predicted octanol–water partition coefficient (Wildman–Crippen LogP) is 4.18. The standard InChI is InChI=1S/C29H29N5O6.ClH/c1-17-15-31-21-13-25(27-24(37-3)12-18(16-32-27)29(36)34(2)8-9-35)40-28(21)26(17)20-4-5-23(22(14-30)33-20)39-19-6-10-38-11-7-19;/h4-5,12-13,15-16,19,35H,6-11H2,1-3H3;1H. The van der Waals surface area contributed by atoms with Gasteiger partial charge in [-0.2, -0.15) is 5.26 Å². The Morgan fingerprint density at radius 1 is 1.20 bits per heavy atom. The molecule has 0 aromatic carbocycles.